The molecule has 3 aromatic heterocycles. The lowest BCUT2D eigenvalue weighted by molar-refractivity contribution is -0.121. The molecule has 7 heteroatoms. The second kappa shape index (κ2) is 7.64. The predicted octanol–water partition coefficient (Wildman–Crippen LogP) is 2.48. The fourth-order valence-electron chi connectivity index (χ4n) is 2.04. The van der Waals surface area contributed by atoms with Crippen LogP contribution in [-0.2, 0) is 17.6 Å². The van der Waals surface area contributed by atoms with E-state index in [9.17, 15) is 4.79 Å². The number of nitrogens with one attached hydrogen (secondary N) is 1. The zero-order valence-corrected chi connectivity index (χ0v) is 13.3. The van der Waals surface area contributed by atoms with Crippen molar-refractivity contribution in [1.82, 2.24) is 20.5 Å². The third-order valence-electron chi connectivity index (χ3n) is 3.23. The van der Waals surface area contributed by atoms with Gasteiger partial charge in [0.25, 0.3) is 0 Å². The van der Waals surface area contributed by atoms with E-state index < -0.39 is 0 Å². The topological polar surface area (TPSA) is 80.9 Å². The molecular formula is C16H16N4O2S. The molecule has 0 unspecified atom stereocenters. The largest absolute Gasteiger partial charge is 0.421 e. The van der Waals surface area contributed by atoms with Crippen LogP contribution in [0.2, 0.25) is 0 Å². The van der Waals surface area contributed by atoms with Crippen LogP contribution >= 0.6 is 11.3 Å². The van der Waals surface area contributed by atoms with Gasteiger partial charge in [-0.1, -0.05) is 6.07 Å². The maximum atomic E-state index is 11.8. The Morgan fingerprint density at radius 1 is 1.22 bits per heavy atom. The van der Waals surface area contributed by atoms with Gasteiger partial charge in [0.2, 0.25) is 17.7 Å². The Balaban J connectivity index is 1.41. The van der Waals surface area contributed by atoms with Gasteiger partial charge in [0.15, 0.2) is 0 Å². The molecule has 118 valence electrons. The number of aryl methyl sites for hydroxylation is 1. The summed E-state index contributed by atoms with van der Waals surface area (Å²) in [4.78, 5) is 16.0. The highest BCUT2D eigenvalue weighted by Gasteiger charge is 2.10. The lowest BCUT2D eigenvalue weighted by Crippen LogP contribution is -2.26. The fourth-order valence-corrected chi connectivity index (χ4v) is 2.67. The van der Waals surface area contributed by atoms with Crippen molar-refractivity contribution in [2.45, 2.75) is 19.3 Å². The molecule has 3 heterocycles. The zero-order valence-electron chi connectivity index (χ0n) is 12.4. The normalized spacial score (nSPS) is 10.6. The van der Waals surface area contributed by atoms with E-state index in [4.69, 9.17) is 4.42 Å². The molecular weight excluding hydrogens is 312 g/mol. The first kappa shape index (κ1) is 15.4. The summed E-state index contributed by atoms with van der Waals surface area (Å²) in [6.45, 7) is 0.569. The molecule has 0 saturated heterocycles. The maximum absolute atomic E-state index is 11.8. The molecule has 23 heavy (non-hydrogen) atoms. The van der Waals surface area contributed by atoms with E-state index in [0.29, 0.717) is 31.2 Å². The van der Waals surface area contributed by atoms with E-state index >= 15 is 0 Å². The van der Waals surface area contributed by atoms with Crippen molar-refractivity contribution in [3.63, 3.8) is 0 Å². The molecule has 1 amide bonds. The molecule has 0 aliphatic carbocycles. The molecule has 0 atom stereocenters. The van der Waals surface area contributed by atoms with Crippen LogP contribution in [0.1, 0.15) is 18.0 Å². The van der Waals surface area contributed by atoms with Crippen molar-refractivity contribution in [2.75, 3.05) is 6.54 Å². The summed E-state index contributed by atoms with van der Waals surface area (Å²) < 4.78 is 5.55. The monoisotopic (exact) mass is 328 g/mol. The molecule has 0 aliphatic heterocycles. The summed E-state index contributed by atoms with van der Waals surface area (Å²) in [7, 11) is 0. The highest BCUT2D eigenvalue weighted by Crippen LogP contribution is 2.20. The minimum Gasteiger partial charge on any atom is -0.421 e. The van der Waals surface area contributed by atoms with E-state index in [-0.39, 0.29) is 5.91 Å². The van der Waals surface area contributed by atoms with Crippen LogP contribution in [0.3, 0.4) is 0 Å². The number of aromatic nitrogens is 3. The summed E-state index contributed by atoms with van der Waals surface area (Å²) in [6.07, 6.45) is 3.23. The van der Waals surface area contributed by atoms with Crippen molar-refractivity contribution < 1.29 is 9.21 Å². The number of hydrogen-bond acceptors (Lipinski definition) is 6. The van der Waals surface area contributed by atoms with Crippen molar-refractivity contribution in [3.05, 3.63) is 52.8 Å². The predicted molar refractivity (Wildman–Crippen MR) is 86.9 cm³/mol. The number of rotatable bonds is 7. The van der Waals surface area contributed by atoms with Gasteiger partial charge >= 0.3 is 0 Å². The Morgan fingerprint density at radius 3 is 2.96 bits per heavy atom. The van der Waals surface area contributed by atoms with E-state index in [1.165, 1.54) is 0 Å². The average Bonchev–Trinajstić information content (AvgIpc) is 3.25. The molecule has 0 fully saturated rings. The number of carbonyl (C=O) groups excluding carboxylic acids is 1. The van der Waals surface area contributed by atoms with E-state index in [0.717, 1.165) is 17.7 Å². The summed E-state index contributed by atoms with van der Waals surface area (Å²) in [6, 6.07) is 7.67. The van der Waals surface area contributed by atoms with Crippen molar-refractivity contribution in [1.29, 1.82) is 0 Å². The molecule has 0 saturated carbocycles. The Kier molecular flexibility index (Phi) is 5.10. The molecule has 3 rings (SSSR count). The standard InChI is InChI=1S/C16H16N4O2S/c21-14(18-9-6-13-3-1-2-8-17-13)4-5-15-19-20-16(22-15)12-7-10-23-11-12/h1-3,7-8,10-11H,4-6,9H2,(H,18,21). The van der Waals surface area contributed by atoms with Crippen LogP contribution in [-0.4, -0.2) is 27.6 Å². The molecule has 3 aromatic rings. The lowest BCUT2D eigenvalue weighted by atomic mass is 10.2. The number of pyridine rings is 1. The van der Waals surface area contributed by atoms with Crippen LogP contribution < -0.4 is 5.32 Å². The smallest absolute Gasteiger partial charge is 0.248 e. The zero-order chi connectivity index (χ0) is 15.9. The first-order valence-electron chi connectivity index (χ1n) is 7.33. The van der Waals surface area contributed by atoms with Crippen molar-refractivity contribution in [2.24, 2.45) is 0 Å². The SMILES string of the molecule is O=C(CCc1nnc(-c2ccsc2)o1)NCCc1ccccn1. The van der Waals surface area contributed by atoms with E-state index in [2.05, 4.69) is 20.5 Å². The molecule has 0 bridgehead atoms. The van der Waals surface area contributed by atoms with Gasteiger partial charge in [-0.2, -0.15) is 11.3 Å². The van der Waals surface area contributed by atoms with Gasteiger partial charge in [-0.15, -0.1) is 10.2 Å². The molecule has 0 aromatic carbocycles. The third-order valence-corrected chi connectivity index (χ3v) is 3.91. The summed E-state index contributed by atoms with van der Waals surface area (Å²) in [5.74, 6) is 0.944. The van der Waals surface area contributed by atoms with Gasteiger partial charge in [-0.25, -0.2) is 0 Å². The summed E-state index contributed by atoms with van der Waals surface area (Å²) in [5, 5.41) is 14.7. The van der Waals surface area contributed by atoms with Crippen LogP contribution in [0.4, 0.5) is 0 Å². The van der Waals surface area contributed by atoms with E-state index in [1.54, 1.807) is 17.5 Å². The highest BCUT2D eigenvalue weighted by molar-refractivity contribution is 7.08. The van der Waals surface area contributed by atoms with Gasteiger partial charge in [0.05, 0.1) is 0 Å². The van der Waals surface area contributed by atoms with Gasteiger partial charge in [0.1, 0.15) is 0 Å². The maximum Gasteiger partial charge on any atom is 0.248 e. The van der Waals surface area contributed by atoms with E-state index in [1.807, 2.05) is 35.0 Å². The average molecular weight is 328 g/mol. The number of carbonyl (C=O) groups is 1. The number of nitrogens with zero attached hydrogens (tertiary/aromatic N) is 3. The Hall–Kier alpha value is -2.54. The van der Waals surface area contributed by atoms with Gasteiger partial charge < -0.3 is 9.73 Å². The van der Waals surface area contributed by atoms with Gasteiger partial charge in [-0.3, -0.25) is 9.78 Å². The van der Waals surface area contributed by atoms with Gasteiger partial charge in [-0.05, 0) is 23.6 Å². The van der Waals surface area contributed by atoms with Crippen molar-refractivity contribution in [3.8, 4) is 11.5 Å². The van der Waals surface area contributed by atoms with Gasteiger partial charge in [0, 0.05) is 48.6 Å². The minimum absolute atomic E-state index is 0.0313. The lowest BCUT2D eigenvalue weighted by Gasteiger charge is -2.03. The second-order valence-corrected chi connectivity index (χ2v) is 5.71. The van der Waals surface area contributed by atoms with Crippen molar-refractivity contribution >= 4 is 17.2 Å². The number of thiophene rings is 1. The molecule has 0 spiro atoms. The second-order valence-electron chi connectivity index (χ2n) is 4.93. The molecule has 0 radical (unpaired) electrons. The van der Waals surface area contributed by atoms with Crippen LogP contribution in [0.5, 0.6) is 0 Å². The number of hydrogen-bond donors (Lipinski definition) is 1. The highest BCUT2D eigenvalue weighted by atomic mass is 32.1. The first-order chi connectivity index (χ1) is 11.3. The summed E-state index contributed by atoms with van der Waals surface area (Å²) >= 11 is 1.57. The Bertz CT molecular complexity index is 741. The Morgan fingerprint density at radius 2 is 2.17 bits per heavy atom. The fraction of sp³-hybridized carbons (Fsp3) is 0.250. The van der Waals surface area contributed by atoms with Crippen LogP contribution in [0.15, 0.2) is 45.6 Å². The van der Waals surface area contributed by atoms with Crippen LogP contribution in [0.25, 0.3) is 11.5 Å². The van der Waals surface area contributed by atoms with Crippen LogP contribution in [0, 0.1) is 0 Å². The Labute approximate surface area is 137 Å². The summed E-state index contributed by atoms with van der Waals surface area (Å²) in [5.41, 5.74) is 1.87. The molecule has 0 aliphatic rings. The third kappa shape index (κ3) is 4.46. The molecule has 1 N–H and O–H groups in total. The minimum atomic E-state index is -0.0313. The number of amides is 1. The molecule has 6 nitrogen and oxygen atoms in total. The first-order valence-corrected chi connectivity index (χ1v) is 8.27. The quantitative estimate of drug-likeness (QED) is 0.720.